The molecule has 35 heavy (non-hydrogen) atoms. The van der Waals surface area contributed by atoms with Crippen LogP contribution in [0.25, 0.3) is 22.3 Å². The highest BCUT2D eigenvalue weighted by molar-refractivity contribution is 5.97. The summed E-state index contributed by atoms with van der Waals surface area (Å²) in [6, 6.07) is 9.96. The highest BCUT2D eigenvalue weighted by atomic mass is 19.2. The zero-order valence-electron chi connectivity index (χ0n) is 19.6. The van der Waals surface area contributed by atoms with Crippen LogP contribution in [0.4, 0.5) is 14.5 Å². The number of hydrogen-bond donors (Lipinski definition) is 3. The molecule has 7 nitrogen and oxygen atoms in total. The molecule has 0 saturated carbocycles. The quantitative estimate of drug-likeness (QED) is 0.215. The molecule has 2 heterocycles. The first-order valence-corrected chi connectivity index (χ1v) is 10.9. The molecule has 4 aromatic rings. The molecule has 1 unspecified atom stereocenters. The molecule has 0 aliphatic heterocycles. The van der Waals surface area contributed by atoms with Gasteiger partial charge in [-0.1, -0.05) is 6.07 Å². The number of benzene rings is 2. The molecule has 4 N–H and O–H groups in total. The summed E-state index contributed by atoms with van der Waals surface area (Å²) in [5.74, 6) is 2.88. The fourth-order valence-corrected chi connectivity index (χ4v) is 4.03. The van der Waals surface area contributed by atoms with E-state index in [2.05, 4.69) is 15.7 Å². The van der Waals surface area contributed by atoms with Crippen LogP contribution in [-0.4, -0.2) is 10.9 Å². The SMILES string of the molecule is Cc1cc(C(C)Nc2ccc(C)nc2C(=O)NN)c2oc(-c3ccc(F)c(F)c3)c(C)c(=O)c2c1. The number of halogens is 2. The molecule has 180 valence electrons. The minimum absolute atomic E-state index is 0.121. The van der Waals surface area contributed by atoms with Gasteiger partial charge < -0.3 is 9.73 Å². The van der Waals surface area contributed by atoms with Crippen molar-refractivity contribution in [3.63, 3.8) is 0 Å². The first-order valence-electron chi connectivity index (χ1n) is 10.9. The van der Waals surface area contributed by atoms with Crippen molar-refractivity contribution in [1.82, 2.24) is 10.4 Å². The number of carbonyl (C=O) groups excluding carboxylic acids is 1. The lowest BCUT2D eigenvalue weighted by atomic mass is 9.98. The van der Waals surface area contributed by atoms with Gasteiger partial charge in [0.2, 0.25) is 0 Å². The fourth-order valence-electron chi connectivity index (χ4n) is 4.03. The van der Waals surface area contributed by atoms with E-state index in [1.165, 1.54) is 6.07 Å². The molecule has 0 spiro atoms. The van der Waals surface area contributed by atoms with Crippen LogP contribution in [0.5, 0.6) is 0 Å². The highest BCUT2D eigenvalue weighted by Crippen LogP contribution is 2.33. The molecule has 9 heteroatoms. The van der Waals surface area contributed by atoms with Gasteiger partial charge in [-0.05, 0) is 69.7 Å². The van der Waals surface area contributed by atoms with Crippen molar-refractivity contribution in [3.05, 3.63) is 92.4 Å². The van der Waals surface area contributed by atoms with Crippen LogP contribution in [0.15, 0.2) is 51.7 Å². The Bertz CT molecular complexity index is 1530. The molecule has 4 rings (SSSR count). The molecule has 0 fully saturated rings. The van der Waals surface area contributed by atoms with Gasteiger partial charge >= 0.3 is 0 Å². The Morgan fingerprint density at radius 3 is 2.49 bits per heavy atom. The Labute approximate surface area is 200 Å². The maximum atomic E-state index is 13.9. The molecular formula is C26H24F2N4O3. The van der Waals surface area contributed by atoms with Gasteiger partial charge in [-0.2, -0.15) is 0 Å². The summed E-state index contributed by atoms with van der Waals surface area (Å²) in [4.78, 5) is 29.8. The molecule has 0 aliphatic rings. The Kier molecular flexibility index (Phi) is 6.36. The number of rotatable bonds is 5. The zero-order chi connectivity index (χ0) is 25.4. The third-order valence-electron chi connectivity index (χ3n) is 5.79. The average Bonchev–Trinajstić information content (AvgIpc) is 2.83. The second-order valence-electron chi connectivity index (χ2n) is 8.43. The van der Waals surface area contributed by atoms with E-state index < -0.39 is 23.6 Å². The van der Waals surface area contributed by atoms with Gasteiger partial charge in [0.25, 0.3) is 5.91 Å². The summed E-state index contributed by atoms with van der Waals surface area (Å²) in [5.41, 5.74) is 5.32. The summed E-state index contributed by atoms with van der Waals surface area (Å²) in [5, 5.41) is 3.61. The number of amides is 1. The largest absolute Gasteiger partial charge is 0.455 e. The molecular weight excluding hydrogens is 454 g/mol. The average molecular weight is 478 g/mol. The lowest BCUT2D eigenvalue weighted by Crippen LogP contribution is -2.31. The minimum Gasteiger partial charge on any atom is -0.455 e. The summed E-state index contributed by atoms with van der Waals surface area (Å²) < 4.78 is 33.6. The van der Waals surface area contributed by atoms with Gasteiger partial charge in [-0.25, -0.2) is 19.6 Å². The topological polar surface area (TPSA) is 110 Å². The molecule has 0 saturated heterocycles. The Hall–Kier alpha value is -4.11. The van der Waals surface area contributed by atoms with Crippen LogP contribution in [0.3, 0.4) is 0 Å². The van der Waals surface area contributed by atoms with Crippen molar-refractivity contribution in [2.24, 2.45) is 5.84 Å². The number of aromatic nitrogens is 1. The normalized spacial score (nSPS) is 12.0. The Morgan fingerprint density at radius 2 is 1.80 bits per heavy atom. The van der Waals surface area contributed by atoms with Crippen LogP contribution in [-0.2, 0) is 0 Å². The first kappa shape index (κ1) is 24.0. The Balaban J connectivity index is 1.88. The van der Waals surface area contributed by atoms with Crippen molar-refractivity contribution in [1.29, 1.82) is 0 Å². The van der Waals surface area contributed by atoms with Crippen molar-refractivity contribution in [2.75, 3.05) is 5.32 Å². The van der Waals surface area contributed by atoms with E-state index in [1.807, 2.05) is 19.9 Å². The van der Waals surface area contributed by atoms with Crippen molar-refractivity contribution in [3.8, 4) is 11.3 Å². The van der Waals surface area contributed by atoms with E-state index in [0.29, 0.717) is 27.9 Å². The minimum atomic E-state index is -1.04. The van der Waals surface area contributed by atoms with Gasteiger partial charge in [-0.3, -0.25) is 15.0 Å². The van der Waals surface area contributed by atoms with Gasteiger partial charge in [0.1, 0.15) is 11.3 Å². The predicted molar refractivity (Wildman–Crippen MR) is 130 cm³/mol. The number of nitrogens with one attached hydrogen (secondary N) is 2. The lowest BCUT2D eigenvalue weighted by molar-refractivity contribution is 0.0949. The van der Waals surface area contributed by atoms with Gasteiger partial charge in [0.15, 0.2) is 22.8 Å². The van der Waals surface area contributed by atoms with Crippen LogP contribution in [0.2, 0.25) is 0 Å². The second kappa shape index (κ2) is 9.27. The first-order chi connectivity index (χ1) is 16.6. The van der Waals surface area contributed by atoms with Crippen LogP contribution in [0, 0.1) is 32.4 Å². The Morgan fingerprint density at radius 1 is 1.06 bits per heavy atom. The monoisotopic (exact) mass is 478 g/mol. The van der Waals surface area contributed by atoms with Crippen LogP contribution >= 0.6 is 0 Å². The fraction of sp³-hybridized carbons (Fsp3) is 0.192. The second-order valence-corrected chi connectivity index (χ2v) is 8.43. The van der Waals surface area contributed by atoms with Crippen molar-refractivity contribution in [2.45, 2.75) is 33.7 Å². The molecule has 1 atom stereocenters. The number of nitrogen functional groups attached to an aromatic ring is 1. The third-order valence-corrected chi connectivity index (χ3v) is 5.79. The molecule has 2 aromatic heterocycles. The van der Waals surface area contributed by atoms with E-state index in [-0.39, 0.29) is 28.0 Å². The van der Waals surface area contributed by atoms with E-state index in [4.69, 9.17) is 10.3 Å². The highest BCUT2D eigenvalue weighted by Gasteiger charge is 2.21. The molecule has 1 amide bonds. The molecule has 2 aromatic carbocycles. The number of pyridine rings is 1. The van der Waals surface area contributed by atoms with E-state index in [0.717, 1.165) is 17.7 Å². The van der Waals surface area contributed by atoms with Crippen LogP contribution in [0.1, 0.15) is 45.8 Å². The number of aryl methyl sites for hydroxylation is 2. The number of fused-ring (bicyclic) bond motifs is 1. The number of anilines is 1. The molecule has 0 radical (unpaired) electrons. The number of carbonyl (C=O) groups is 1. The smallest absolute Gasteiger partial charge is 0.285 e. The predicted octanol–water partition coefficient (Wildman–Crippen LogP) is 4.84. The van der Waals surface area contributed by atoms with E-state index in [1.54, 1.807) is 32.0 Å². The molecule has 0 aliphatic carbocycles. The third kappa shape index (κ3) is 4.50. The summed E-state index contributed by atoms with van der Waals surface area (Å²) >= 11 is 0. The maximum absolute atomic E-state index is 13.9. The number of nitrogens with two attached hydrogens (primary N) is 1. The van der Waals surface area contributed by atoms with E-state index >= 15 is 0 Å². The summed E-state index contributed by atoms with van der Waals surface area (Å²) in [6.45, 7) is 7.04. The van der Waals surface area contributed by atoms with E-state index in [9.17, 15) is 18.4 Å². The number of hydrogen-bond acceptors (Lipinski definition) is 6. The standard InChI is InChI=1S/C26H24F2N4O3/c1-12-9-17(15(4)31-21-8-5-13(2)30-22(21)26(34)32-29)25-18(10-12)23(33)14(3)24(35-25)16-6-7-19(27)20(28)11-16/h5-11,15,31H,29H2,1-4H3,(H,32,34). The number of nitrogens with zero attached hydrogens (tertiary/aromatic N) is 1. The van der Waals surface area contributed by atoms with Crippen LogP contribution < -0.4 is 22.0 Å². The van der Waals surface area contributed by atoms with Crippen molar-refractivity contribution < 1.29 is 18.0 Å². The molecule has 0 bridgehead atoms. The zero-order valence-corrected chi connectivity index (χ0v) is 19.6. The summed E-state index contributed by atoms with van der Waals surface area (Å²) in [7, 11) is 0. The van der Waals surface area contributed by atoms with Gasteiger partial charge in [-0.15, -0.1) is 0 Å². The lowest BCUT2D eigenvalue weighted by Gasteiger charge is -2.20. The van der Waals surface area contributed by atoms with Gasteiger partial charge in [0, 0.05) is 22.4 Å². The summed E-state index contributed by atoms with van der Waals surface area (Å²) in [6.07, 6.45) is 0. The number of hydrazine groups is 1. The maximum Gasteiger partial charge on any atom is 0.285 e. The van der Waals surface area contributed by atoms with Gasteiger partial charge in [0.05, 0.1) is 17.1 Å². The van der Waals surface area contributed by atoms with Crippen molar-refractivity contribution >= 4 is 22.6 Å².